The molecular formula is C15H22NNaO5S. The van der Waals surface area contributed by atoms with Gasteiger partial charge in [-0.3, -0.25) is 9.45 Å². The molecule has 0 atom stereocenters. The molecule has 2 rings (SSSR count). The van der Waals surface area contributed by atoms with Crippen LogP contribution >= 0.6 is 0 Å². The number of piperidine rings is 1. The second-order valence-corrected chi connectivity index (χ2v) is 7.35. The van der Waals surface area contributed by atoms with E-state index in [1.807, 2.05) is 0 Å². The molecule has 0 radical (unpaired) electrons. The number of rotatable bonds is 6. The van der Waals surface area contributed by atoms with Gasteiger partial charge in [-0.05, 0) is 44.3 Å². The fraction of sp³-hybridized carbons (Fsp3) is 0.600. The molecule has 0 aliphatic carbocycles. The van der Waals surface area contributed by atoms with Gasteiger partial charge in [0.1, 0.15) is 5.75 Å². The van der Waals surface area contributed by atoms with E-state index in [2.05, 4.69) is 4.90 Å². The molecule has 1 aliphatic rings. The Morgan fingerprint density at radius 3 is 2.43 bits per heavy atom. The van der Waals surface area contributed by atoms with Gasteiger partial charge in [0.05, 0.1) is 5.75 Å². The van der Waals surface area contributed by atoms with Gasteiger partial charge >= 0.3 is 29.6 Å². The number of nitrogens with zero attached hydrogens (tertiary/aromatic N) is 1. The first-order valence-electron chi connectivity index (χ1n) is 7.55. The van der Waals surface area contributed by atoms with Crippen LogP contribution in [0.15, 0.2) is 12.1 Å². The van der Waals surface area contributed by atoms with Crippen molar-refractivity contribution >= 4 is 10.1 Å². The summed E-state index contributed by atoms with van der Waals surface area (Å²) >= 11 is 0. The Labute approximate surface area is 159 Å². The SMILES string of the molecule is O=S(=O)(O)CCCc1ccc([O-])c(CN2CCCCC2)c1O.[Na+]. The van der Waals surface area contributed by atoms with Crippen LogP contribution in [-0.4, -0.2) is 41.8 Å². The number of hydrogen-bond donors (Lipinski definition) is 2. The first kappa shape index (κ1) is 20.7. The molecule has 8 heteroatoms. The van der Waals surface area contributed by atoms with E-state index in [0.29, 0.717) is 24.1 Å². The quantitative estimate of drug-likeness (QED) is 0.467. The van der Waals surface area contributed by atoms with Crippen molar-refractivity contribution in [3.8, 4) is 11.5 Å². The Balaban J connectivity index is 0.00000264. The maximum absolute atomic E-state index is 12.0. The van der Waals surface area contributed by atoms with Gasteiger partial charge in [0.2, 0.25) is 0 Å². The zero-order chi connectivity index (χ0) is 16.2. The van der Waals surface area contributed by atoms with Crippen molar-refractivity contribution in [2.75, 3.05) is 18.8 Å². The molecule has 124 valence electrons. The molecule has 2 N–H and O–H groups in total. The van der Waals surface area contributed by atoms with Crippen LogP contribution in [0.3, 0.4) is 0 Å². The molecule has 1 heterocycles. The normalized spacial score (nSPS) is 16.0. The van der Waals surface area contributed by atoms with Crippen molar-refractivity contribution in [2.24, 2.45) is 0 Å². The van der Waals surface area contributed by atoms with Crippen molar-refractivity contribution in [1.82, 2.24) is 4.90 Å². The van der Waals surface area contributed by atoms with Crippen LogP contribution in [-0.2, 0) is 23.1 Å². The average molecular weight is 351 g/mol. The first-order chi connectivity index (χ1) is 10.4. The number of phenolic OH excluding ortho intramolecular Hbond substituents is 1. The summed E-state index contributed by atoms with van der Waals surface area (Å²) in [5.74, 6) is -0.581. The van der Waals surface area contributed by atoms with E-state index in [1.165, 1.54) is 18.6 Å². The summed E-state index contributed by atoms with van der Waals surface area (Å²) in [6, 6.07) is 2.95. The fourth-order valence-corrected chi connectivity index (χ4v) is 3.32. The van der Waals surface area contributed by atoms with Gasteiger partial charge in [-0.25, -0.2) is 0 Å². The van der Waals surface area contributed by atoms with Crippen LogP contribution in [0, 0.1) is 0 Å². The minimum Gasteiger partial charge on any atom is -0.872 e. The number of benzene rings is 1. The minimum atomic E-state index is -4.00. The molecule has 0 amide bonds. The van der Waals surface area contributed by atoms with Gasteiger partial charge < -0.3 is 10.2 Å². The Bertz CT molecular complexity index is 615. The monoisotopic (exact) mass is 351 g/mol. The third-order valence-electron chi connectivity index (χ3n) is 4.00. The Kier molecular flexibility index (Phi) is 8.33. The maximum Gasteiger partial charge on any atom is 1.00 e. The number of likely N-dealkylation sites (tertiary alicyclic amines) is 1. The average Bonchev–Trinajstić information content (AvgIpc) is 2.46. The van der Waals surface area contributed by atoms with Gasteiger partial charge in [-0.2, -0.15) is 8.42 Å². The first-order valence-corrected chi connectivity index (χ1v) is 9.16. The van der Waals surface area contributed by atoms with E-state index in [-0.39, 0.29) is 53.2 Å². The van der Waals surface area contributed by atoms with Crippen LogP contribution in [0.2, 0.25) is 0 Å². The predicted molar refractivity (Wildman–Crippen MR) is 81.4 cm³/mol. The Morgan fingerprint density at radius 2 is 1.83 bits per heavy atom. The maximum atomic E-state index is 12.0. The van der Waals surface area contributed by atoms with Crippen molar-refractivity contribution in [3.05, 3.63) is 23.3 Å². The largest absolute Gasteiger partial charge is 1.00 e. The van der Waals surface area contributed by atoms with Gasteiger partial charge in [0.15, 0.2) is 0 Å². The molecule has 23 heavy (non-hydrogen) atoms. The number of hydrogen-bond acceptors (Lipinski definition) is 5. The van der Waals surface area contributed by atoms with Crippen LogP contribution in [0.25, 0.3) is 0 Å². The number of aromatic hydroxyl groups is 1. The molecule has 0 spiro atoms. The molecule has 1 aliphatic heterocycles. The number of aryl methyl sites for hydroxylation is 1. The van der Waals surface area contributed by atoms with Crippen molar-refractivity contribution < 1.29 is 52.7 Å². The second-order valence-electron chi connectivity index (χ2n) is 5.78. The molecule has 0 aromatic heterocycles. The van der Waals surface area contributed by atoms with Crippen molar-refractivity contribution in [3.63, 3.8) is 0 Å². The van der Waals surface area contributed by atoms with Crippen LogP contribution in [0.5, 0.6) is 11.5 Å². The molecule has 1 aromatic rings. The summed E-state index contributed by atoms with van der Waals surface area (Å²) < 4.78 is 30.2. The van der Waals surface area contributed by atoms with Crippen molar-refractivity contribution in [1.29, 1.82) is 0 Å². The fourth-order valence-electron chi connectivity index (χ4n) is 2.81. The summed E-state index contributed by atoms with van der Waals surface area (Å²) in [6.45, 7) is 2.27. The van der Waals surface area contributed by atoms with E-state index in [9.17, 15) is 18.6 Å². The van der Waals surface area contributed by atoms with E-state index >= 15 is 0 Å². The van der Waals surface area contributed by atoms with E-state index in [4.69, 9.17) is 4.55 Å². The van der Waals surface area contributed by atoms with Crippen LogP contribution in [0.4, 0.5) is 0 Å². The third-order valence-corrected chi connectivity index (χ3v) is 4.81. The molecule has 0 saturated carbocycles. The standard InChI is InChI=1S/C15H23NO5S.Na/c17-14-7-6-12(5-4-10-22(19,20)21)15(18)13(14)11-16-8-2-1-3-9-16;/h6-7,17-18H,1-5,8-11H2,(H,19,20,21);/q;+1/p-1. The van der Waals surface area contributed by atoms with E-state index < -0.39 is 10.1 Å². The molecular weight excluding hydrogens is 329 g/mol. The smallest absolute Gasteiger partial charge is 0.872 e. The Morgan fingerprint density at radius 1 is 1.17 bits per heavy atom. The summed E-state index contributed by atoms with van der Waals surface area (Å²) in [6.07, 6.45) is 3.90. The Hall–Kier alpha value is -0.310. The van der Waals surface area contributed by atoms with Gasteiger partial charge in [-0.1, -0.05) is 18.6 Å². The van der Waals surface area contributed by atoms with E-state index in [0.717, 1.165) is 25.9 Å². The zero-order valence-corrected chi connectivity index (χ0v) is 16.3. The van der Waals surface area contributed by atoms with Gasteiger partial charge in [0, 0.05) is 12.1 Å². The van der Waals surface area contributed by atoms with Gasteiger partial charge in [-0.15, -0.1) is 5.75 Å². The van der Waals surface area contributed by atoms with Crippen LogP contribution < -0.4 is 34.7 Å². The summed E-state index contributed by atoms with van der Waals surface area (Å²) in [5.41, 5.74) is 0.932. The molecule has 6 nitrogen and oxygen atoms in total. The second kappa shape index (κ2) is 9.25. The molecule has 0 unspecified atom stereocenters. The molecule has 1 fully saturated rings. The topological polar surface area (TPSA) is 101 Å². The molecule has 0 bridgehead atoms. The molecule has 1 saturated heterocycles. The predicted octanol–water partition coefficient (Wildman–Crippen LogP) is -1.72. The van der Waals surface area contributed by atoms with E-state index in [1.54, 1.807) is 0 Å². The summed E-state index contributed by atoms with van der Waals surface area (Å²) in [4.78, 5) is 2.15. The molecule has 1 aromatic carbocycles. The summed E-state index contributed by atoms with van der Waals surface area (Å²) in [7, 11) is -4.00. The zero-order valence-electron chi connectivity index (χ0n) is 13.5. The third kappa shape index (κ3) is 6.60. The summed E-state index contributed by atoms with van der Waals surface area (Å²) in [5, 5.41) is 22.3. The van der Waals surface area contributed by atoms with Crippen LogP contribution in [0.1, 0.15) is 36.8 Å². The van der Waals surface area contributed by atoms with Crippen molar-refractivity contribution in [2.45, 2.75) is 38.6 Å². The number of phenols is 1. The minimum absolute atomic E-state index is 0. The van der Waals surface area contributed by atoms with Gasteiger partial charge in [0.25, 0.3) is 10.1 Å².